The monoisotopic (exact) mass is 257 g/mol. The molecule has 6 heteroatoms. The summed E-state index contributed by atoms with van der Waals surface area (Å²) in [6.07, 6.45) is 0. The summed E-state index contributed by atoms with van der Waals surface area (Å²) < 4.78 is 10.9. The quantitative estimate of drug-likeness (QED) is 0.749. The first kappa shape index (κ1) is 11.3. The predicted molar refractivity (Wildman–Crippen MR) is 68.9 cm³/mol. The molecule has 0 spiro atoms. The van der Waals surface area contributed by atoms with E-state index in [0.29, 0.717) is 22.8 Å². The van der Waals surface area contributed by atoms with Gasteiger partial charge in [-0.1, -0.05) is 12.1 Å². The second-order valence-corrected chi connectivity index (χ2v) is 4.02. The van der Waals surface area contributed by atoms with Crippen LogP contribution in [0.3, 0.4) is 0 Å². The Labute approximate surface area is 108 Å². The van der Waals surface area contributed by atoms with Crippen molar-refractivity contribution in [2.45, 2.75) is 0 Å². The molecule has 3 N–H and O–H groups in total. The Balaban J connectivity index is 2.12. The van der Waals surface area contributed by atoms with E-state index in [2.05, 4.69) is 10.2 Å². The van der Waals surface area contributed by atoms with E-state index >= 15 is 0 Å². The zero-order valence-electron chi connectivity index (χ0n) is 10.1. The number of furan rings is 1. The summed E-state index contributed by atoms with van der Waals surface area (Å²) in [4.78, 5) is 11.0. The number of amides is 1. The Morgan fingerprint density at radius 3 is 2.95 bits per heavy atom. The molecule has 19 heavy (non-hydrogen) atoms. The third-order valence-electron chi connectivity index (χ3n) is 2.82. The maximum Gasteiger partial charge on any atom is 0.269 e. The van der Waals surface area contributed by atoms with Crippen LogP contribution in [0, 0.1) is 0 Å². The average Bonchev–Trinajstić information content (AvgIpc) is 3.04. The Morgan fingerprint density at radius 1 is 1.42 bits per heavy atom. The molecule has 0 aliphatic carbocycles. The predicted octanol–water partition coefficient (Wildman–Crippen LogP) is 1.93. The van der Waals surface area contributed by atoms with Gasteiger partial charge < -0.3 is 14.9 Å². The van der Waals surface area contributed by atoms with E-state index in [9.17, 15) is 4.79 Å². The van der Waals surface area contributed by atoms with E-state index in [0.717, 1.165) is 5.39 Å². The molecule has 1 amide bonds. The molecule has 6 nitrogen and oxygen atoms in total. The number of primary amides is 1. The minimum absolute atomic E-state index is 0.169. The van der Waals surface area contributed by atoms with Crippen molar-refractivity contribution < 1.29 is 13.9 Å². The van der Waals surface area contributed by atoms with Crippen LogP contribution in [0.4, 0.5) is 0 Å². The third-order valence-corrected chi connectivity index (χ3v) is 2.82. The Hall–Kier alpha value is -2.76. The molecule has 0 fully saturated rings. The van der Waals surface area contributed by atoms with E-state index in [1.807, 2.05) is 24.3 Å². The van der Waals surface area contributed by atoms with E-state index < -0.39 is 5.91 Å². The van der Waals surface area contributed by atoms with Gasteiger partial charge in [0.25, 0.3) is 5.91 Å². The minimum atomic E-state index is -0.587. The van der Waals surface area contributed by atoms with Gasteiger partial charge in [-0.2, -0.15) is 5.10 Å². The number of rotatable bonds is 3. The molecule has 0 saturated heterocycles. The Bertz CT molecular complexity index is 757. The summed E-state index contributed by atoms with van der Waals surface area (Å²) in [7, 11) is 1.58. The highest BCUT2D eigenvalue weighted by molar-refractivity contribution is 5.92. The molecule has 96 valence electrons. The largest absolute Gasteiger partial charge is 0.493 e. The number of carbonyl (C=O) groups is 1. The van der Waals surface area contributed by atoms with Crippen molar-refractivity contribution in [1.82, 2.24) is 10.2 Å². The summed E-state index contributed by atoms with van der Waals surface area (Å²) in [5.74, 6) is 0.633. The Kier molecular flexibility index (Phi) is 2.49. The molecule has 2 aromatic heterocycles. The van der Waals surface area contributed by atoms with Crippen molar-refractivity contribution >= 4 is 16.9 Å². The fourth-order valence-corrected chi connectivity index (χ4v) is 1.90. The lowest BCUT2D eigenvalue weighted by molar-refractivity contribution is 0.0995. The lowest BCUT2D eigenvalue weighted by Gasteiger charge is -1.98. The van der Waals surface area contributed by atoms with Crippen LogP contribution in [0.25, 0.3) is 22.4 Å². The van der Waals surface area contributed by atoms with Gasteiger partial charge >= 0.3 is 0 Å². The number of fused-ring (bicyclic) bond motifs is 1. The molecule has 0 bridgehead atoms. The molecule has 0 saturated carbocycles. The van der Waals surface area contributed by atoms with Crippen molar-refractivity contribution in [3.63, 3.8) is 0 Å². The highest BCUT2D eigenvalue weighted by Crippen LogP contribution is 2.32. The normalized spacial score (nSPS) is 10.8. The number of H-pyrrole nitrogens is 1. The molecular formula is C13H11N3O3. The standard InChI is InChI=1S/C13H11N3O3/c1-18-10-4-2-3-7-5-11(19-12(7)10)8-6-9(13(14)17)16-15-8/h2-6H,1H3,(H2,14,17)(H,15,16). The lowest BCUT2D eigenvalue weighted by Crippen LogP contribution is -2.10. The number of methoxy groups -OCH3 is 1. The van der Waals surface area contributed by atoms with Crippen LogP contribution in [-0.2, 0) is 0 Å². The van der Waals surface area contributed by atoms with Gasteiger partial charge in [-0.05, 0) is 12.1 Å². The number of benzene rings is 1. The molecule has 0 radical (unpaired) electrons. The van der Waals surface area contributed by atoms with Gasteiger partial charge in [-0.15, -0.1) is 0 Å². The Morgan fingerprint density at radius 2 is 2.26 bits per heavy atom. The summed E-state index contributed by atoms with van der Waals surface area (Å²) in [6, 6.07) is 9.00. The van der Waals surface area contributed by atoms with Crippen molar-refractivity contribution in [2.24, 2.45) is 5.73 Å². The number of carbonyl (C=O) groups excluding carboxylic acids is 1. The van der Waals surface area contributed by atoms with Crippen molar-refractivity contribution in [3.8, 4) is 17.2 Å². The van der Waals surface area contributed by atoms with E-state index in [-0.39, 0.29) is 5.69 Å². The number of ether oxygens (including phenoxy) is 1. The van der Waals surface area contributed by atoms with Gasteiger partial charge in [0, 0.05) is 11.5 Å². The fraction of sp³-hybridized carbons (Fsp3) is 0.0769. The summed E-state index contributed by atoms with van der Waals surface area (Å²) >= 11 is 0. The number of hydrogen-bond donors (Lipinski definition) is 2. The number of aromatic amines is 1. The summed E-state index contributed by atoms with van der Waals surface area (Å²) in [6.45, 7) is 0. The first-order chi connectivity index (χ1) is 9.19. The molecule has 3 aromatic rings. The molecule has 0 atom stereocenters. The summed E-state index contributed by atoms with van der Waals surface area (Å²) in [5, 5.41) is 7.44. The average molecular weight is 257 g/mol. The molecule has 0 aliphatic rings. The lowest BCUT2D eigenvalue weighted by atomic mass is 10.2. The molecule has 1 aromatic carbocycles. The van der Waals surface area contributed by atoms with E-state index in [1.54, 1.807) is 13.2 Å². The van der Waals surface area contributed by atoms with Gasteiger partial charge in [0.05, 0.1) is 7.11 Å². The topological polar surface area (TPSA) is 94.1 Å². The second-order valence-electron chi connectivity index (χ2n) is 4.02. The van der Waals surface area contributed by atoms with Gasteiger partial charge in [0.1, 0.15) is 11.4 Å². The van der Waals surface area contributed by atoms with Crippen molar-refractivity contribution in [1.29, 1.82) is 0 Å². The number of nitrogens with one attached hydrogen (secondary N) is 1. The third kappa shape index (κ3) is 1.83. The minimum Gasteiger partial charge on any atom is -0.493 e. The van der Waals surface area contributed by atoms with E-state index in [4.69, 9.17) is 14.9 Å². The SMILES string of the molecule is COc1cccc2cc(-c3cc(C(N)=O)n[nH]3)oc12. The van der Waals surface area contributed by atoms with Crippen LogP contribution in [0.5, 0.6) is 5.75 Å². The zero-order chi connectivity index (χ0) is 13.4. The van der Waals surface area contributed by atoms with Crippen molar-refractivity contribution in [2.75, 3.05) is 7.11 Å². The van der Waals surface area contributed by atoms with Crippen LogP contribution in [0.1, 0.15) is 10.5 Å². The van der Waals surface area contributed by atoms with Gasteiger partial charge in [0.15, 0.2) is 17.1 Å². The number of hydrogen-bond acceptors (Lipinski definition) is 4. The van der Waals surface area contributed by atoms with Crippen molar-refractivity contribution in [3.05, 3.63) is 36.0 Å². The van der Waals surface area contributed by atoms with Gasteiger partial charge in [0.2, 0.25) is 0 Å². The van der Waals surface area contributed by atoms with Gasteiger partial charge in [-0.3, -0.25) is 9.89 Å². The number of nitrogens with two attached hydrogens (primary N) is 1. The van der Waals surface area contributed by atoms with Crippen LogP contribution in [0.2, 0.25) is 0 Å². The van der Waals surface area contributed by atoms with Crippen LogP contribution >= 0.6 is 0 Å². The van der Waals surface area contributed by atoms with E-state index in [1.165, 1.54) is 0 Å². The van der Waals surface area contributed by atoms with Gasteiger partial charge in [-0.25, -0.2) is 0 Å². The smallest absolute Gasteiger partial charge is 0.269 e. The number of aromatic nitrogens is 2. The summed E-state index contributed by atoms with van der Waals surface area (Å²) in [5.41, 5.74) is 6.56. The zero-order valence-corrected chi connectivity index (χ0v) is 10.1. The second kappa shape index (κ2) is 4.16. The maximum absolute atomic E-state index is 11.0. The number of para-hydroxylation sites is 1. The molecule has 3 rings (SSSR count). The maximum atomic E-state index is 11.0. The molecular weight excluding hydrogens is 246 g/mol. The molecule has 0 unspecified atom stereocenters. The van der Waals surface area contributed by atoms with Crippen LogP contribution < -0.4 is 10.5 Å². The molecule has 2 heterocycles. The van der Waals surface area contributed by atoms with Crippen LogP contribution in [0.15, 0.2) is 34.7 Å². The first-order valence-electron chi connectivity index (χ1n) is 5.61. The first-order valence-corrected chi connectivity index (χ1v) is 5.61. The highest BCUT2D eigenvalue weighted by atomic mass is 16.5. The molecule has 0 aliphatic heterocycles. The fourth-order valence-electron chi connectivity index (χ4n) is 1.90. The highest BCUT2D eigenvalue weighted by Gasteiger charge is 2.13. The van der Waals surface area contributed by atoms with Crippen LogP contribution in [-0.4, -0.2) is 23.2 Å². The number of nitrogens with zero attached hydrogens (tertiary/aromatic N) is 1.